The summed E-state index contributed by atoms with van der Waals surface area (Å²) >= 11 is 0. The molecule has 2 N–H and O–H groups in total. The fraction of sp³-hybridized carbons (Fsp3) is 0.933. The fourth-order valence-corrected chi connectivity index (χ4v) is 3.04. The molecule has 0 aromatic heterocycles. The summed E-state index contributed by atoms with van der Waals surface area (Å²) in [6, 6.07) is 0.283. The molecule has 0 aromatic carbocycles. The number of carbonyl (C=O) groups excluding carboxylic acids is 1. The van der Waals surface area contributed by atoms with Gasteiger partial charge in [0.1, 0.15) is 12.1 Å². The minimum atomic E-state index is -0.134. The molecule has 2 aliphatic rings. The molecule has 2 atom stereocenters. The highest BCUT2D eigenvalue weighted by Gasteiger charge is 2.28. The van der Waals surface area contributed by atoms with Crippen molar-refractivity contribution in [3.63, 3.8) is 0 Å². The third-order valence-corrected chi connectivity index (χ3v) is 4.07. The van der Waals surface area contributed by atoms with Gasteiger partial charge in [-0.15, -0.1) is 0 Å². The molecular formula is C15H28N2O2. The van der Waals surface area contributed by atoms with Gasteiger partial charge < -0.3 is 15.4 Å². The Bertz CT molecular complexity index is 282. The predicted octanol–water partition coefficient (Wildman–Crippen LogP) is 1.84. The van der Waals surface area contributed by atoms with Gasteiger partial charge in [-0.25, -0.2) is 0 Å². The van der Waals surface area contributed by atoms with Gasteiger partial charge in [0.25, 0.3) is 0 Å². The van der Waals surface area contributed by atoms with Crippen LogP contribution in [0.15, 0.2) is 0 Å². The second-order valence-corrected chi connectivity index (χ2v) is 6.38. The molecule has 19 heavy (non-hydrogen) atoms. The van der Waals surface area contributed by atoms with Crippen LogP contribution < -0.4 is 10.6 Å². The predicted molar refractivity (Wildman–Crippen MR) is 76.0 cm³/mol. The van der Waals surface area contributed by atoms with Crippen LogP contribution in [0.3, 0.4) is 0 Å². The maximum atomic E-state index is 12.3. The van der Waals surface area contributed by atoms with Gasteiger partial charge in [-0.1, -0.05) is 13.8 Å². The zero-order valence-electron chi connectivity index (χ0n) is 12.3. The number of rotatable bonds is 6. The average Bonchev–Trinajstić information content (AvgIpc) is 3.00. The molecule has 0 bridgehead atoms. The van der Waals surface area contributed by atoms with Crippen molar-refractivity contribution in [1.82, 2.24) is 10.6 Å². The maximum Gasteiger partial charge on any atom is 0.323 e. The van der Waals surface area contributed by atoms with E-state index in [4.69, 9.17) is 4.74 Å². The van der Waals surface area contributed by atoms with Crippen LogP contribution in [0.2, 0.25) is 0 Å². The van der Waals surface area contributed by atoms with Crippen LogP contribution in [0.5, 0.6) is 0 Å². The van der Waals surface area contributed by atoms with E-state index in [1.54, 1.807) is 0 Å². The van der Waals surface area contributed by atoms with E-state index in [-0.39, 0.29) is 18.1 Å². The van der Waals surface area contributed by atoms with E-state index in [0.717, 1.165) is 38.8 Å². The SMILES string of the molecule is CC(C)CC(NC1CCNC1)C(=O)OC1CCCC1. The Morgan fingerprint density at radius 3 is 2.63 bits per heavy atom. The van der Waals surface area contributed by atoms with E-state index in [2.05, 4.69) is 24.5 Å². The van der Waals surface area contributed by atoms with Crippen molar-refractivity contribution in [3.05, 3.63) is 0 Å². The zero-order chi connectivity index (χ0) is 13.7. The molecule has 1 aliphatic heterocycles. The number of nitrogens with one attached hydrogen (secondary N) is 2. The zero-order valence-corrected chi connectivity index (χ0v) is 12.3. The van der Waals surface area contributed by atoms with Gasteiger partial charge in [-0.05, 0) is 51.0 Å². The van der Waals surface area contributed by atoms with Crippen molar-refractivity contribution in [1.29, 1.82) is 0 Å². The molecule has 0 spiro atoms. The van der Waals surface area contributed by atoms with Crippen molar-refractivity contribution >= 4 is 5.97 Å². The number of carbonyl (C=O) groups is 1. The van der Waals surface area contributed by atoms with Crippen LogP contribution in [-0.4, -0.2) is 37.2 Å². The highest BCUT2D eigenvalue weighted by atomic mass is 16.5. The van der Waals surface area contributed by atoms with E-state index in [1.165, 1.54) is 12.8 Å². The first-order valence-electron chi connectivity index (χ1n) is 7.82. The smallest absolute Gasteiger partial charge is 0.323 e. The Balaban J connectivity index is 1.84. The molecule has 4 heteroatoms. The molecule has 1 saturated heterocycles. The molecule has 2 unspecified atom stereocenters. The lowest BCUT2D eigenvalue weighted by Gasteiger charge is -2.24. The molecule has 110 valence electrons. The molecule has 0 amide bonds. The normalized spacial score (nSPS) is 25.9. The highest BCUT2D eigenvalue weighted by molar-refractivity contribution is 5.76. The van der Waals surface area contributed by atoms with Crippen molar-refractivity contribution in [3.8, 4) is 0 Å². The number of hydrogen-bond acceptors (Lipinski definition) is 4. The second-order valence-electron chi connectivity index (χ2n) is 6.38. The molecular weight excluding hydrogens is 240 g/mol. The van der Waals surface area contributed by atoms with Gasteiger partial charge >= 0.3 is 5.97 Å². The summed E-state index contributed by atoms with van der Waals surface area (Å²) in [6.45, 7) is 6.32. The van der Waals surface area contributed by atoms with E-state index in [9.17, 15) is 4.79 Å². The standard InChI is InChI=1S/C15H28N2O2/c1-11(2)9-14(17-12-7-8-16-10-12)15(18)19-13-5-3-4-6-13/h11-14,16-17H,3-10H2,1-2H3. The summed E-state index contributed by atoms with van der Waals surface area (Å²) in [5, 5.41) is 6.81. The number of esters is 1. The van der Waals surface area contributed by atoms with E-state index in [0.29, 0.717) is 12.0 Å². The third-order valence-electron chi connectivity index (χ3n) is 4.07. The van der Waals surface area contributed by atoms with Gasteiger partial charge in [-0.2, -0.15) is 0 Å². The Morgan fingerprint density at radius 2 is 2.05 bits per heavy atom. The first kappa shape index (κ1) is 14.8. The average molecular weight is 268 g/mol. The minimum Gasteiger partial charge on any atom is -0.461 e. The van der Waals surface area contributed by atoms with E-state index >= 15 is 0 Å². The highest BCUT2D eigenvalue weighted by Crippen LogP contribution is 2.22. The lowest BCUT2D eigenvalue weighted by Crippen LogP contribution is -2.46. The first-order valence-corrected chi connectivity index (χ1v) is 7.82. The van der Waals surface area contributed by atoms with Crippen molar-refractivity contribution in [2.45, 2.75) is 70.6 Å². The fourth-order valence-electron chi connectivity index (χ4n) is 3.04. The van der Waals surface area contributed by atoms with E-state index in [1.807, 2.05) is 0 Å². The Labute approximate surface area is 116 Å². The number of hydrogen-bond donors (Lipinski definition) is 2. The Morgan fingerprint density at radius 1 is 1.32 bits per heavy atom. The van der Waals surface area contributed by atoms with E-state index < -0.39 is 0 Å². The van der Waals surface area contributed by atoms with Gasteiger partial charge in [0.2, 0.25) is 0 Å². The molecule has 0 radical (unpaired) electrons. The van der Waals surface area contributed by atoms with Gasteiger partial charge in [0.05, 0.1) is 0 Å². The van der Waals surface area contributed by atoms with Crippen LogP contribution in [0.25, 0.3) is 0 Å². The van der Waals surface area contributed by atoms with Crippen LogP contribution in [-0.2, 0) is 9.53 Å². The van der Waals surface area contributed by atoms with Gasteiger partial charge in [0.15, 0.2) is 0 Å². The van der Waals surface area contributed by atoms with Crippen LogP contribution in [0.1, 0.15) is 52.4 Å². The summed E-state index contributed by atoms with van der Waals surface area (Å²) in [5.41, 5.74) is 0. The van der Waals surface area contributed by atoms with Gasteiger partial charge in [-0.3, -0.25) is 4.79 Å². The quantitative estimate of drug-likeness (QED) is 0.722. The summed E-state index contributed by atoms with van der Waals surface area (Å²) in [6.07, 6.45) is 6.63. The topological polar surface area (TPSA) is 50.4 Å². The minimum absolute atomic E-state index is 0.0347. The lowest BCUT2D eigenvalue weighted by molar-refractivity contribution is -0.152. The largest absolute Gasteiger partial charge is 0.461 e. The van der Waals surface area contributed by atoms with Crippen molar-refractivity contribution < 1.29 is 9.53 Å². The molecule has 2 fully saturated rings. The van der Waals surface area contributed by atoms with Crippen LogP contribution in [0.4, 0.5) is 0 Å². The Hall–Kier alpha value is -0.610. The lowest BCUT2D eigenvalue weighted by atomic mass is 10.0. The summed E-state index contributed by atoms with van der Waals surface area (Å²) < 4.78 is 5.66. The van der Waals surface area contributed by atoms with Crippen LogP contribution in [0, 0.1) is 5.92 Å². The molecule has 0 aromatic rings. The summed E-state index contributed by atoms with van der Waals surface area (Å²) in [4.78, 5) is 12.3. The second kappa shape index (κ2) is 7.25. The van der Waals surface area contributed by atoms with Crippen LogP contribution >= 0.6 is 0 Å². The van der Waals surface area contributed by atoms with Gasteiger partial charge in [0, 0.05) is 12.6 Å². The maximum absolute atomic E-state index is 12.3. The van der Waals surface area contributed by atoms with Crippen molar-refractivity contribution in [2.24, 2.45) is 5.92 Å². The third kappa shape index (κ3) is 4.77. The molecule has 1 aliphatic carbocycles. The monoisotopic (exact) mass is 268 g/mol. The molecule has 4 nitrogen and oxygen atoms in total. The Kier molecular flexibility index (Phi) is 5.64. The summed E-state index contributed by atoms with van der Waals surface area (Å²) in [5.74, 6) is 0.468. The molecule has 1 saturated carbocycles. The number of ether oxygens (including phenoxy) is 1. The van der Waals surface area contributed by atoms with Crippen molar-refractivity contribution in [2.75, 3.05) is 13.1 Å². The summed E-state index contributed by atoms with van der Waals surface area (Å²) in [7, 11) is 0. The molecule has 1 heterocycles. The molecule has 2 rings (SSSR count). The first-order chi connectivity index (χ1) is 9.15.